The first-order valence-electron chi connectivity index (χ1n) is 13.9. The normalized spacial score (nSPS) is 13.0. The number of nitrogens with one attached hydrogen (secondary N) is 3. The van der Waals surface area contributed by atoms with Crippen molar-refractivity contribution in [2.75, 3.05) is 12.3 Å². The van der Waals surface area contributed by atoms with E-state index in [-0.39, 0.29) is 38.0 Å². The van der Waals surface area contributed by atoms with Crippen molar-refractivity contribution >= 4 is 41.3 Å². The molecule has 0 radical (unpaired) electrons. The van der Waals surface area contributed by atoms with Crippen LogP contribution >= 0.6 is 0 Å². The number of carboxylic acids is 2. The van der Waals surface area contributed by atoms with Gasteiger partial charge in [-0.1, -0.05) is 27.7 Å². The Balaban J connectivity index is 2.51. The van der Waals surface area contributed by atoms with Gasteiger partial charge >= 0.3 is 11.9 Å². The van der Waals surface area contributed by atoms with Crippen LogP contribution in [0.2, 0.25) is 0 Å². The van der Waals surface area contributed by atoms with E-state index in [0.717, 1.165) is 0 Å². The molecule has 0 unspecified atom stereocenters. The van der Waals surface area contributed by atoms with Gasteiger partial charge in [0.15, 0.2) is 0 Å². The number of carbonyl (C=O) groups is 6. The molecule has 0 fully saturated rings. The number of hydrogen-bond acceptors (Lipinski definition) is 7. The van der Waals surface area contributed by atoms with Gasteiger partial charge in [0.25, 0.3) is 5.91 Å². The summed E-state index contributed by atoms with van der Waals surface area (Å²) < 4.78 is 0. The van der Waals surface area contributed by atoms with Crippen LogP contribution in [0, 0.1) is 10.8 Å². The van der Waals surface area contributed by atoms with Crippen molar-refractivity contribution in [3.8, 4) is 0 Å². The molecule has 234 valence electrons. The lowest BCUT2D eigenvalue weighted by Crippen LogP contribution is -2.46. The first-order valence-corrected chi connectivity index (χ1v) is 13.9. The lowest BCUT2D eigenvalue weighted by atomic mass is 9.71. The lowest BCUT2D eigenvalue weighted by molar-refractivity contribution is -0.143. The second-order valence-corrected chi connectivity index (χ2v) is 12.1. The third-order valence-electron chi connectivity index (χ3n) is 6.58. The second kappa shape index (κ2) is 16.3. The number of hydrogen-bond donors (Lipinski definition) is 7. The number of carboxylic acid groups (broad SMARTS) is 2. The maximum atomic E-state index is 12.6. The first-order chi connectivity index (χ1) is 19.4. The number of rotatable bonds is 19. The van der Waals surface area contributed by atoms with Crippen LogP contribution in [-0.4, -0.2) is 64.4 Å². The van der Waals surface area contributed by atoms with Gasteiger partial charge in [0, 0.05) is 30.6 Å². The van der Waals surface area contributed by atoms with E-state index in [4.69, 9.17) is 16.6 Å². The highest BCUT2D eigenvalue weighted by Crippen LogP contribution is 2.38. The van der Waals surface area contributed by atoms with Crippen LogP contribution in [0.15, 0.2) is 24.3 Å². The summed E-state index contributed by atoms with van der Waals surface area (Å²) in [7, 11) is 0. The van der Waals surface area contributed by atoms with Crippen LogP contribution in [0.4, 0.5) is 5.69 Å². The van der Waals surface area contributed by atoms with Crippen molar-refractivity contribution in [1.29, 1.82) is 0 Å². The molecule has 0 spiro atoms. The Hall–Kier alpha value is -4.16. The van der Waals surface area contributed by atoms with E-state index >= 15 is 0 Å². The summed E-state index contributed by atoms with van der Waals surface area (Å²) in [5, 5.41) is 26.4. The topological polar surface area (TPSA) is 231 Å². The number of carbonyl (C=O) groups excluding carboxylic acids is 4. The van der Waals surface area contributed by atoms with Gasteiger partial charge in [-0.15, -0.1) is 0 Å². The monoisotopic (exact) mass is 591 g/mol. The Morgan fingerprint density at radius 2 is 1.38 bits per heavy atom. The number of primary amides is 1. The average molecular weight is 592 g/mol. The van der Waals surface area contributed by atoms with Crippen LogP contribution in [0.3, 0.4) is 0 Å². The Labute approximate surface area is 246 Å². The van der Waals surface area contributed by atoms with Crippen molar-refractivity contribution in [2.45, 2.75) is 91.1 Å². The molecule has 0 saturated carbocycles. The molecule has 0 saturated heterocycles. The van der Waals surface area contributed by atoms with Gasteiger partial charge in [0.05, 0.1) is 6.42 Å². The molecule has 2 atom stereocenters. The molecule has 1 rings (SSSR count). The van der Waals surface area contributed by atoms with Crippen molar-refractivity contribution in [2.24, 2.45) is 16.6 Å². The Morgan fingerprint density at radius 3 is 1.93 bits per heavy atom. The van der Waals surface area contributed by atoms with Crippen molar-refractivity contribution < 1.29 is 39.0 Å². The Bertz CT molecular complexity index is 1120. The summed E-state index contributed by atoms with van der Waals surface area (Å²) in [6.45, 7) is 7.53. The number of nitrogen functional groups attached to an aromatic ring is 1. The number of nitrogens with two attached hydrogens (primary N) is 2. The van der Waals surface area contributed by atoms with E-state index in [0.29, 0.717) is 37.1 Å². The smallest absolute Gasteiger partial charge is 0.326 e. The number of aliphatic carboxylic acids is 2. The van der Waals surface area contributed by atoms with Gasteiger partial charge in [-0.3, -0.25) is 24.0 Å². The summed E-state index contributed by atoms with van der Waals surface area (Å²) in [5.74, 6) is -4.38. The number of anilines is 1. The van der Waals surface area contributed by atoms with Gasteiger partial charge < -0.3 is 37.6 Å². The van der Waals surface area contributed by atoms with Gasteiger partial charge in [-0.25, -0.2) is 4.79 Å². The summed E-state index contributed by atoms with van der Waals surface area (Å²) in [6.07, 6.45) is 1.07. The molecule has 1 aromatic carbocycles. The molecule has 0 aromatic heterocycles. The molecule has 0 bridgehead atoms. The average Bonchev–Trinajstić information content (AvgIpc) is 2.83. The lowest BCUT2D eigenvalue weighted by Gasteiger charge is -2.34. The molecule has 1 aromatic rings. The molecule has 9 N–H and O–H groups in total. The van der Waals surface area contributed by atoms with Gasteiger partial charge in [0.2, 0.25) is 17.7 Å². The number of amides is 4. The van der Waals surface area contributed by atoms with Gasteiger partial charge in [0.1, 0.15) is 12.1 Å². The fourth-order valence-electron chi connectivity index (χ4n) is 5.01. The predicted molar refractivity (Wildman–Crippen MR) is 156 cm³/mol. The predicted octanol–water partition coefficient (Wildman–Crippen LogP) is 1.80. The summed E-state index contributed by atoms with van der Waals surface area (Å²) in [5.41, 5.74) is 10.9. The zero-order chi connectivity index (χ0) is 32.1. The van der Waals surface area contributed by atoms with Crippen LogP contribution in [0.1, 0.15) is 89.4 Å². The SMILES string of the molecule is CC(C)(CC(=O)O)CC(C)(C)CC(=O)N[C@@H](CCC(=O)N[C@@H](CCCCNC(=O)c1ccc(N)cc1)C(N)=O)C(=O)O. The van der Waals surface area contributed by atoms with Crippen LogP contribution < -0.4 is 27.4 Å². The van der Waals surface area contributed by atoms with E-state index < -0.39 is 52.6 Å². The number of unbranched alkanes of at least 4 members (excludes halogenated alkanes) is 1. The molecule has 13 nitrogen and oxygen atoms in total. The summed E-state index contributed by atoms with van der Waals surface area (Å²) in [6, 6.07) is 4.15. The molecule has 0 aliphatic carbocycles. The van der Waals surface area contributed by atoms with Crippen molar-refractivity contribution in [3.05, 3.63) is 29.8 Å². The van der Waals surface area contributed by atoms with E-state index in [1.165, 1.54) is 0 Å². The standard InChI is InChI=1S/C29H45N5O8/c1-28(2,17-29(3,4)16-24(37)38)15-23(36)34-21(27(41)42)12-13-22(35)33-20(25(31)39)7-5-6-14-32-26(40)18-8-10-19(30)11-9-18/h8-11,20-21H,5-7,12-17,30H2,1-4H3,(H2,31,39)(H,32,40)(H,33,35)(H,34,36)(H,37,38)(H,41,42)/t20-,21-/m0/s1. The van der Waals surface area contributed by atoms with E-state index in [2.05, 4.69) is 16.0 Å². The summed E-state index contributed by atoms with van der Waals surface area (Å²) >= 11 is 0. The third-order valence-corrected chi connectivity index (χ3v) is 6.58. The van der Waals surface area contributed by atoms with Crippen LogP contribution in [0.25, 0.3) is 0 Å². The first kappa shape index (κ1) is 35.9. The highest BCUT2D eigenvalue weighted by atomic mass is 16.4. The molecule has 0 aliphatic heterocycles. The molecule has 0 heterocycles. The molecule has 13 heteroatoms. The van der Waals surface area contributed by atoms with Crippen LogP contribution in [-0.2, 0) is 24.0 Å². The molecule has 0 aliphatic rings. The maximum absolute atomic E-state index is 12.6. The molecule has 42 heavy (non-hydrogen) atoms. The van der Waals surface area contributed by atoms with Crippen LogP contribution in [0.5, 0.6) is 0 Å². The quantitative estimate of drug-likeness (QED) is 0.0916. The van der Waals surface area contributed by atoms with Gasteiger partial charge in [-0.05, 0) is 67.2 Å². The maximum Gasteiger partial charge on any atom is 0.326 e. The van der Waals surface area contributed by atoms with Crippen molar-refractivity contribution in [3.63, 3.8) is 0 Å². The minimum absolute atomic E-state index is 0.0315. The minimum atomic E-state index is -1.33. The minimum Gasteiger partial charge on any atom is -0.481 e. The third kappa shape index (κ3) is 14.5. The number of benzene rings is 1. The summed E-state index contributed by atoms with van der Waals surface area (Å²) in [4.78, 5) is 71.9. The zero-order valence-electron chi connectivity index (χ0n) is 24.8. The molecular weight excluding hydrogens is 546 g/mol. The highest BCUT2D eigenvalue weighted by Gasteiger charge is 2.33. The Kier molecular flexibility index (Phi) is 13.9. The van der Waals surface area contributed by atoms with Gasteiger partial charge in [-0.2, -0.15) is 0 Å². The van der Waals surface area contributed by atoms with E-state index in [9.17, 15) is 33.9 Å². The fourth-order valence-corrected chi connectivity index (χ4v) is 5.01. The second-order valence-electron chi connectivity index (χ2n) is 12.1. The Morgan fingerprint density at radius 1 is 0.810 bits per heavy atom. The zero-order valence-corrected chi connectivity index (χ0v) is 24.8. The van der Waals surface area contributed by atoms with E-state index in [1.807, 2.05) is 0 Å². The largest absolute Gasteiger partial charge is 0.481 e. The molecular formula is C29H45N5O8. The fraction of sp³-hybridized carbons (Fsp3) is 0.586. The highest BCUT2D eigenvalue weighted by molar-refractivity contribution is 5.94. The molecule has 4 amide bonds. The van der Waals surface area contributed by atoms with E-state index in [1.54, 1.807) is 52.0 Å². The van der Waals surface area contributed by atoms with Crippen molar-refractivity contribution in [1.82, 2.24) is 16.0 Å².